The highest BCUT2D eigenvalue weighted by molar-refractivity contribution is 5.95. The van der Waals surface area contributed by atoms with Gasteiger partial charge in [-0.1, -0.05) is 18.2 Å². The van der Waals surface area contributed by atoms with Gasteiger partial charge in [0.05, 0.1) is 7.11 Å². The fourth-order valence-corrected chi connectivity index (χ4v) is 3.36. The van der Waals surface area contributed by atoms with Gasteiger partial charge in [-0.3, -0.25) is 4.79 Å². The van der Waals surface area contributed by atoms with E-state index in [4.69, 9.17) is 4.74 Å². The second-order valence-corrected chi connectivity index (χ2v) is 5.70. The largest absolute Gasteiger partial charge is 0.497 e. The third-order valence-corrected chi connectivity index (χ3v) is 4.47. The summed E-state index contributed by atoms with van der Waals surface area (Å²) >= 11 is 0. The van der Waals surface area contributed by atoms with Crippen LogP contribution in [-0.2, 0) is 4.79 Å². The van der Waals surface area contributed by atoms with Crippen LogP contribution in [-0.4, -0.2) is 13.0 Å². The third-order valence-electron chi connectivity index (χ3n) is 4.47. The van der Waals surface area contributed by atoms with E-state index < -0.39 is 0 Å². The summed E-state index contributed by atoms with van der Waals surface area (Å²) in [6.45, 7) is 0. The predicted octanol–water partition coefficient (Wildman–Crippen LogP) is 3.63. The van der Waals surface area contributed by atoms with Gasteiger partial charge < -0.3 is 10.1 Å². The summed E-state index contributed by atoms with van der Waals surface area (Å²) in [5, 5.41) is 3.04. The highest BCUT2D eigenvalue weighted by atomic mass is 16.5. The molecule has 2 aliphatic carbocycles. The third kappa shape index (κ3) is 2.72. The number of nitrogens with one attached hydrogen (secondary N) is 1. The minimum Gasteiger partial charge on any atom is -0.497 e. The first-order valence-corrected chi connectivity index (χ1v) is 7.39. The molecule has 1 aromatic rings. The lowest BCUT2D eigenvalue weighted by atomic mass is 10.1. The highest BCUT2D eigenvalue weighted by Crippen LogP contribution is 2.53. The molecule has 1 amide bonds. The van der Waals surface area contributed by atoms with Crippen LogP contribution in [0.15, 0.2) is 36.4 Å². The molecule has 0 unspecified atom stereocenters. The van der Waals surface area contributed by atoms with Crippen LogP contribution in [0.3, 0.4) is 0 Å². The van der Waals surface area contributed by atoms with Gasteiger partial charge in [0.15, 0.2) is 0 Å². The number of hydrogen-bond donors (Lipinski definition) is 1. The van der Waals surface area contributed by atoms with E-state index in [0.717, 1.165) is 37.1 Å². The molecule has 3 nitrogen and oxygen atoms in total. The topological polar surface area (TPSA) is 38.3 Å². The normalized spacial score (nSPS) is 29.6. The molecule has 3 heteroatoms. The maximum atomic E-state index is 12.4. The monoisotopic (exact) mass is 271 g/mol. The van der Waals surface area contributed by atoms with Crippen molar-refractivity contribution < 1.29 is 9.53 Å². The van der Waals surface area contributed by atoms with Crippen LogP contribution in [0.25, 0.3) is 0 Å². The SMILES string of the molecule is COc1cccc(NC(=O)C2[C@@H]3CC/C=C\CC[C@@H]23)c1. The molecule has 1 saturated carbocycles. The highest BCUT2D eigenvalue weighted by Gasteiger charge is 2.53. The minimum absolute atomic E-state index is 0.176. The molecule has 20 heavy (non-hydrogen) atoms. The molecule has 1 fully saturated rings. The number of anilines is 1. The standard InChI is InChI=1S/C17H21NO2/c1-20-13-8-6-7-12(11-13)18-17(19)16-14-9-4-2-3-5-10-15(14)16/h2-3,6-8,11,14-16H,4-5,9-10H2,1H3,(H,18,19)/b3-2-/t14-,15-/m1/s1. The first kappa shape index (κ1) is 13.2. The van der Waals surface area contributed by atoms with Crippen LogP contribution >= 0.6 is 0 Å². The van der Waals surface area contributed by atoms with Gasteiger partial charge in [-0.25, -0.2) is 0 Å². The van der Waals surface area contributed by atoms with Gasteiger partial charge in [-0.2, -0.15) is 0 Å². The summed E-state index contributed by atoms with van der Waals surface area (Å²) in [6, 6.07) is 7.55. The first-order valence-electron chi connectivity index (χ1n) is 7.39. The van der Waals surface area contributed by atoms with Crippen molar-refractivity contribution in [2.45, 2.75) is 25.7 Å². The molecule has 1 aromatic carbocycles. The lowest BCUT2D eigenvalue weighted by Gasteiger charge is -2.06. The Kier molecular flexibility index (Phi) is 3.77. The Balaban J connectivity index is 1.62. The Labute approximate surface area is 120 Å². The van der Waals surface area contributed by atoms with Gasteiger partial charge >= 0.3 is 0 Å². The van der Waals surface area contributed by atoms with E-state index in [1.807, 2.05) is 24.3 Å². The van der Waals surface area contributed by atoms with E-state index in [2.05, 4.69) is 17.5 Å². The summed E-state index contributed by atoms with van der Waals surface area (Å²) in [5.74, 6) is 2.33. The summed E-state index contributed by atoms with van der Waals surface area (Å²) in [5.41, 5.74) is 0.826. The second-order valence-electron chi connectivity index (χ2n) is 5.70. The maximum Gasteiger partial charge on any atom is 0.228 e. The quantitative estimate of drug-likeness (QED) is 0.853. The molecule has 0 radical (unpaired) electrons. The van der Waals surface area contributed by atoms with Crippen LogP contribution in [0, 0.1) is 17.8 Å². The molecule has 0 bridgehead atoms. The van der Waals surface area contributed by atoms with Crippen molar-refractivity contribution in [1.29, 1.82) is 0 Å². The molecule has 2 aliphatic rings. The van der Waals surface area contributed by atoms with Crippen molar-refractivity contribution >= 4 is 11.6 Å². The van der Waals surface area contributed by atoms with Gasteiger partial charge in [0.2, 0.25) is 5.91 Å². The van der Waals surface area contributed by atoms with Gasteiger partial charge in [0, 0.05) is 17.7 Å². The molecule has 1 N–H and O–H groups in total. The zero-order valence-electron chi connectivity index (χ0n) is 11.8. The van der Waals surface area contributed by atoms with Gasteiger partial charge in [0.1, 0.15) is 5.75 Å². The molecule has 3 rings (SSSR count). The lowest BCUT2D eigenvalue weighted by Crippen LogP contribution is -2.15. The predicted molar refractivity (Wildman–Crippen MR) is 79.7 cm³/mol. The fraction of sp³-hybridized carbons (Fsp3) is 0.471. The zero-order valence-corrected chi connectivity index (χ0v) is 11.8. The van der Waals surface area contributed by atoms with Crippen molar-refractivity contribution in [2.75, 3.05) is 12.4 Å². The Morgan fingerprint density at radius 3 is 2.55 bits per heavy atom. The number of allylic oxidation sites excluding steroid dienone is 2. The summed E-state index contributed by atoms with van der Waals surface area (Å²) < 4.78 is 5.18. The van der Waals surface area contributed by atoms with E-state index in [1.54, 1.807) is 7.11 Å². The molecule has 0 aliphatic heterocycles. The molecule has 106 valence electrons. The molecule has 0 aromatic heterocycles. The Morgan fingerprint density at radius 2 is 1.90 bits per heavy atom. The number of carbonyl (C=O) groups is 1. The maximum absolute atomic E-state index is 12.4. The molecule has 0 spiro atoms. The van der Waals surface area contributed by atoms with Crippen molar-refractivity contribution in [3.8, 4) is 5.75 Å². The summed E-state index contributed by atoms with van der Waals surface area (Å²) in [4.78, 5) is 12.4. The number of rotatable bonds is 3. The van der Waals surface area contributed by atoms with Crippen molar-refractivity contribution in [3.05, 3.63) is 36.4 Å². The van der Waals surface area contributed by atoms with Crippen LogP contribution < -0.4 is 10.1 Å². The Morgan fingerprint density at radius 1 is 1.20 bits per heavy atom. The van der Waals surface area contributed by atoms with Crippen molar-refractivity contribution in [2.24, 2.45) is 17.8 Å². The van der Waals surface area contributed by atoms with Crippen LogP contribution in [0.2, 0.25) is 0 Å². The number of amides is 1. The minimum atomic E-state index is 0.176. The lowest BCUT2D eigenvalue weighted by molar-refractivity contribution is -0.117. The average molecular weight is 271 g/mol. The van der Waals surface area contributed by atoms with Crippen molar-refractivity contribution in [3.63, 3.8) is 0 Å². The van der Waals surface area contributed by atoms with E-state index in [0.29, 0.717) is 11.8 Å². The van der Waals surface area contributed by atoms with Gasteiger partial charge in [0.25, 0.3) is 0 Å². The second kappa shape index (κ2) is 5.70. The summed E-state index contributed by atoms with van der Waals surface area (Å²) in [7, 11) is 1.64. The van der Waals surface area contributed by atoms with Crippen LogP contribution in [0.5, 0.6) is 5.75 Å². The van der Waals surface area contributed by atoms with E-state index in [-0.39, 0.29) is 11.8 Å². The van der Waals surface area contributed by atoms with Crippen LogP contribution in [0.4, 0.5) is 5.69 Å². The van der Waals surface area contributed by atoms with E-state index in [9.17, 15) is 4.79 Å². The summed E-state index contributed by atoms with van der Waals surface area (Å²) in [6.07, 6.45) is 9.04. The van der Waals surface area contributed by atoms with Crippen molar-refractivity contribution in [1.82, 2.24) is 0 Å². The van der Waals surface area contributed by atoms with E-state index >= 15 is 0 Å². The number of hydrogen-bond acceptors (Lipinski definition) is 2. The number of methoxy groups -OCH3 is 1. The smallest absolute Gasteiger partial charge is 0.228 e. The molecular formula is C17H21NO2. The van der Waals surface area contributed by atoms with Gasteiger partial charge in [-0.15, -0.1) is 0 Å². The molecule has 0 heterocycles. The number of fused-ring (bicyclic) bond motifs is 1. The zero-order chi connectivity index (χ0) is 13.9. The Hall–Kier alpha value is -1.77. The first-order chi connectivity index (χ1) is 9.79. The molecular weight excluding hydrogens is 250 g/mol. The van der Waals surface area contributed by atoms with Gasteiger partial charge in [-0.05, 0) is 49.7 Å². The average Bonchev–Trinajstić information content (AvgIpc) is 3.10. The molecule has 2 atom stereocenters. The number of ether oxygens (including phenoxy) is 1. The molecule has 0 saturated heterocycles. The Bertz CT molecular complexity index is 507. The fourth-order valence-electron chi connectivity index (χ4n) is 3.36. The van der Waals surface area contributed by atoms with Crippen LogP contribution in [0.1, 0.15) is 25.7 Å². The number of carbonyl (C=O) groups excluding carboxylic acids is 1. The number of benzene rings is 1. The van der Waals surface area contributed by atoms with E-state index in [1.165, 1.54) is 0 Å².